The molecule has 2 heterocycles. The van der Waals surface area contributed by atoms with E-state index in [1.54, 1.807) is 31.3 Å². The summed E-state index contributed by atoms with van der Waals surface area (Å²) in [4.78, 5) is 29.3. The number of benzene rings is 2. The molecule has 0 saturated heterocycles. The van der Waals surface area contributed by atoms with E-state index in [0.717, 1.165) is 17.7 Å². The number of rotatable bonds is 5. The Balaban J connectivity index is 1.50. The molecular weight excluding hydrogens is 437 g/mol. The van der Waals surface area contributed by atoms with Crippen molar-refractivity contribution >= 4 is 47.3 Å². The topological polar surface area (TPSA) is 115 Å². The minimum atomic E-state index is -4.54. The van der Waals surface area contributed by atoms with Crippen molar-refractivity contribution in [3.8, 4) is 0 Å². The minimum Gasteiger partial charge on any atom is -0.388 e. The molecule has 0 aromatic heterocycles. The van der Waals surface area contributed by atoms with Gasteiger partial charge in [0.2, 0.25) is 0 Å². The Morgan fingerprint density at radius 1 is 0.909 bits per heavy atom. The molecule has 12 heteroatoms. The lowest BCUT2D eigenvalue weighted by atomic mass is 9.93. The molecule has 2 amide bonds. The van der Waals surface area contributed by atoms with Gasteiger partial charge in [-0.3, -0.25) is 5.32 Å². The Kier molecular flexibility index (Phi) is 5.68. The van der Waals surface area contributed by atoms with Crippen LogP contribution in [-0.2, 0) is 11.8 Å². The van der Waals surface area contributed by atoms with Gasteiger partial charge in [0.15, 0.2) is 11.5 Å². The summed E-state index contributed by atoms with van der Waals surface area (Å²) in [7, 11) is 3.22. The van der Waals surface area contributed by atoms with Crippen molar-refractivity contribution in [3.63, 3.8) is 0 Å². The van der Waals surface area contributed by atoms with Gasteiger partial charge < -0.3 is 16.0 Å². The number of aliphatic imine (C=N–C) groups is 4. The monoisotopic (exact) mass is 456 g/mol. The molecule has 0 spiro atoms. The van der Waals surface area contributed by atoms with Gasteiger partial charge in [-0.15, -0.1) is 0 Å². The van der Waals surface area contributed by atoms with Gasteiger partial charge >= 0.3 is 12.2 Å². The van der Waals surface area contributed by atoms with E-state index in [9.17, 15) is 18.0 Å². The smallest absolute Gasteiger partial charge is 0.388 e. The predicted octanol–water partition coefficient (Wildman–Crippen LogP) is 3.69. The summed E-state index contributed by atoms with van der Waals surface area (Å²) in [6.07, 6.45) is -1.73. The van der Waals surface area contributed by atoms with Crippen molar-refractivity contribution in [2.75, 3.05) is 30.0 Å². The number of halogens is 3. The molecule has 2 aromatic rings. The molecule has 2 aromatic carbocycles. The van der Waals surface area contributed by atoms with E-state index < -0.39 is 23.4 Å². The van der Waals surface area contributed by atoms with Crippen LogP contribution >= 0.6 is 0 Å². The normalized spacial score (nSPS) is 18.9. The molecule has 2 aliphatic rings. The van der Waals surface area contributed by atoms with E-state index >= 15 is 0 Å². The molecule has 9 nitrogen and oxygen atoms in total. The summed E-state index contributed by atoms with van der Waals surface area (Å²) in [5, 5.41) is 10.8. The van der Waals surface area contributed by atoms with Crippen LogP contribution < -0.4 is 21.3 Å². The molecular formula is C21H19F3N8O. The maximum absolute atomic E-state index is 13.1. The third kappa shape index (κ3) is 4.32. The fourth-order valence-electron chi connectivity index (χ4n) is 3.48. The van der Waals surface area contributed by atoms with Crippen LogP contribution in [0.2, 0.25) is 0 Å². The Hall–Kier alpha value is -4.06. The highest BCUT2D eigenvalue weighted by Crippen LogP contribution is 2.33. The zero-order valence-corrected chi connectivity index (χ0v) is 17.5. The van der Waals surface area contributed by atoms with Crippen LogP contribution in [0.15, 0.2) is 62.4 Å². The first-order valence-electron chi connectivity index (χ1n) is 9.75. The molecule has 4 N–H and O–H groups in total. The summed E-state index contributed by atoms with van der Waals surface area (Å²) in [6, 6.07) is 9.33. The molecule has 1 unspecified atom stereocenters. The second-order valence-corrected chi connectivity index (χ2v) is 7.08. The largest absolute Gasteiger partial charge is 0.416 e. The predicted molar refractivity (Wildman–Crippen MR) is 123 cm³/mol. The molecule has 170 valence electrons. The summed E-state index contributed by atoms with van der Waals surface area (Å²) in [5.41, 5.74) is 0.0891. The fourth-order valence-corrected chi connectivity index (χ4v) is 3.48. The summed E-state index contributed by atoms with van der Waals surface area (Å²) >= 11 is 0. The number of nitrogens with zero attached hydrogens (tertiary/aromatic N) is 4. The van der Waals surface area contributed by atoms with Gasteiger partial charge in [-0.05, 0) is 37.4 Å². The van der Waals surface area contributed by atoms with Gasteiger partial charge in [-0.1, -0.05) is 12.1 Å². The number of nitrogens with one attached hydrogen (secondary N) is 4. The van der Waals surface area contributed by atoms with Crippen LogP contribution in [0, 0.1) is 0 Å². The van der Waals surface area contributed by atoms with Crippen molar-refractivity contribution in [1.29, 1.82) is 0 Å². The Morgan fingerprint density at radius 3 is 2.27 bits per heavy atom. The Bertz CT molecular complexity index is 1200. The maximum atomic E-state index is 13.1. The number of hydrogen-bond donors (Lipinski definition) is 4. The number of fused-ring (bicyclic) bond motifs is 1. The van der Waals surface area contributed by atoms with Gasteiger partial charge in [-0.2, -0.15) is 13.2 Å². The summed E-state index contributed by atoms with van der Waals surface area (Å²) in [5.74, 6) is 0.461. The van der Waals surface area contributed by atoms with Gasteiger partial charge in [0, 0.05) is 29.7 Å². The van der Waals surface area contributed by atoms with E-state index in [-0.39, 0.29) is 11.4 Å². The molecule has 4 rings (SSSR count). The van der Waals surface area contributed by atoms with Gasteiger partial charge in [-0.25, -0.2) is 24.8 Å². The van der Waals surface area contributed by atoms with Crippen LogP contribution in [-0.4, -0.2) is 44.4 Å². The first kappa shape index (κ1) is 22.1. The molecule has 0 aliphatic carbocycles. The SMILES string of the molecule is CNc1cc(NC(=O)Nc2ccc(C3(NC)N=CN=C4N=CN=C43)cc2)cc(C(F)(F)F)c1. The van der Waals surface area contributed by atoms with Crippen molar-refractivity contribution in [1.82, 2.24) is 5.32 Å². The van der Waals surface area contributed by atoms with Crippen LogP contribution in [0.1, 0.15) is 11.1 Å². The molecule has 0 radical (unpaired) electrons. The number of hydrogen-bond acceptors (Lipinski definition) is 7. The number of alkyl halides is 3. The number of carbonyl (C=O) groups excluding carboxylic acids is 1. The van der Waals surface area contributed by atoms with Crippen LogP contribution in [0.4, 0.5) is 35.0 Å². The average molecular weight is 456 g/mol. The number of carbonyl (C=O) groups is 1. The van der Waals surface area contributed by atoms with E-state index in [4.69, 9.17) is 0 Å². The zero-order valence-electron chi connectivity index (χ0n) is 17.5. The summed E-state index contributed by atoms with van der Waals surface area (Å²) in [6.45, 7) is 0. The zero-order chi connectivity index (χ0) is 23.6. The first-order valence-corrected chi connectivity index (χ1v) is 9.75. The van der Waals surface area contributed by atoms with E-state index in [2.05, 4.69) is 41.2 Å². The van der Waals surface area contributed by atoms with Gasteiger partial charge in [0.1, 0.15) is 18.4 Å². The first-order chi connectivity index (χ1) is 15.7. The molecule has 0 fully saturated rings. The van der Waals surface area contributed by atoms with E-state index in [0.29, 0.717) is 17.2 Å². The highest BCUT2D eigenvalue weighted by Gasteiger charge is 2.41. The maximum Gasteiger partial charge on any atom is 0.416 e. The number of anilines is 3. The lowest BCUT2D eigenvalue weighted by Gasteiger charge is -2.31. The molecule has 1 atom stereocenters. The molecule has 2 aliphatic heterocycles. The van der Waals surface area contributed by atoms with Crippen molar-refractivity contribution in [2.45, 2.75) is 11.8 Å². The van der Waals surface area contributed by atoms with Gasteiger partial charge in [0.25, 0.3) is 0 Å². The standard InChI is InChI=1S/C21H19F3N8O/c1-25-15-7-13(21(22,23)24)8-16(9-15)32-19(33)31-14-5-3-12(4-6-14)20(26-2)17-18(28-10-27-17)29-11-30-20/h3-11,25-26H,1-2H3,(H2,31,32,33). The molecule has 33 heavy (non-hydrogen) atoms. The Morgan fingerprint density at radius 2 is 1.61 bits per heavy atom. The summed E-state index contributed by atoms with van der Waals surface area (Å²) < 4.78 is 39.3. The highest BCUT2D eigenvalue weighted by molar-refractivity contribution is 6.50. The van der Waals surface area contributed by atoms with Crippen LogP contribution in [0.3, 0.4) is 0 Å². The van der Waals surface area contributed by atoms with E-state index in [1.807, 2.05) is 0 Å². The number of amides is 2. The second kappa shape index (κ2) is 8.47. The average Bonchev–Trinajstić information content (AvgIpc) is 3.28. The van der Waals surface area contributed by atoms with Crippen molar-refractivity contribution < 1.29 is 18.0 Å². The van der Waals surface area contributed by atoms with Crippen LogP contribution in [0.5, 0.6) is 0 Å². The second-order valence-electron chi connectivity index (χ2n) is 7.08. The quantitative estimate of drug-likeness (QED) is 0.550. The lowest BCUT2D eigenvalue weighted by Crippen LogP contribution is -2.49. The van der Waals surface area contributed by atoms with Gasteiger partial charge in [0.05, 0.1) is 5.56 Å². The van der Waals surface area contributed by atoms with Crippen molar-refractivity contribution in [2.24, 2.45) is 20.0 Å². The lowest BCUT2D eigenvalue weighted by molar-refractivity contribution is -0.137. The minimum absolute atomic E-state index is 0.0000328. The third-order valence-corrected chi connectivity index (χ3v) is 5.08. The third-order valence-electron chi connectivity index (χ3n) is 5.08. The van der Waals surface area contributed by atoms with Crippen molar-refractivity contribution in [3.05, 3.63) is 53.6 Å². The molecule has 0 bridgehead atoms. The number of urea groups is 1. The molecule has 0 saturated carbocycles. The Labute approximate surface area is 186 Å². The number of amidine groups is 1. The highest BCUT2D eigenvalue weighted by atomic mass is 19.4. The van der Waals surface area contributed by atoms with E-state index in [1.165, 1.54) is 25.8 Å². The fraction of sp³-hybridized carbons (Fsp3) is 0.190. The van der Waals surface area contributed by atoms with Crippen LogP contribution in [0.25, 0.3) is 0 Å².